The van der Waals surface area contributed by atoms with Crippen molar-refractivity contribution in [3.8, 4) is 5.69 Å². The van der Waals surface area contributed by atoms with Crippen LogP contribution >= 0.6 is 23.4 Å². The van der Waals surface area contributed by atoms with Crippen molar-refractivity contribution in [1.29, 1.82) is 0 Å². The maximum absolute atomic E-state index is 12.3. The lowest BCUT2D eigenvalue weighted by atomic mass is 10.3. The van der Waals surface area contributed by atoms with Gasteiger partial charge in [-0.1, -0.05) is 17.7 Å². The summed E-state index contributed by atoms with van der Waals surface area (Å²) >= 11 is 7.50. The van der Waals surface area contributed by atoms with E-state index >= 15 is 0 Å². The molecule has 0 radical (unpaired) electrons. The molecule has 1 amide bonds. The summed E-state index contributed by atoms with van der Waals surface area (Å²) in [7, 11) is 0. The number of carbonyl (C=O) groups excluding carboxylic acids is 1. The highest BCUT2D eigenvalue weighted by molar-refractivity contribution is 7.98. The first-order chi connectivity index (χ1) is 11.2. The van der Waals surface area contributed by atoms with E-state index < -0.39 is 0 Å². The van der Waals surface area contributed by atoms with Crippen molar-refractivity contribution in [2.24, 2.45) is 0 Å². The summed E-state index contributed by atoms with van der Waals surface area (Å²) < 4.78 is 1.64. The molecule has 0 aliphatic rings. The van der Waals surface area contributed by atoms with Gasteiger partial charge in [0.15, 0.2) is 0 Å². The maximum Gasteiger partial charge on any atom is 0.258 e. The smallest absolute Gasteiger partial charge is 0.258 e. The normalized spacial score (nSPS) is 10.5. The first-order valence-corrected chi connectivity index (χ1v) is 8.52. The topological polar surface area (TPSA) is 46.9 Å². The molecule has 0 bridgehead atoms. The fourth-order valence-electron chi connectivity index (χ4n) is 2.08. The van der Waals surface area contributed by atoms with Crippen LogP contribution in [0.4, 0.5) is 5.69 Å². The Morgan fingerprint density at radius 2 is 2.00 bits per heavy atom. The quantitative estimate of drug-likeness (QED) is 0.709. The van der Waals surface area contributed by atoms with Crippen molar-refractivity contribution in [2.75, 3.05) is 11.6 Å². The summed E-state index contributed by atoms with van der Waals surface area (Å²) in [5.41, 5.74) is 2.11. The second kappa shape index (κ2) is 6.89. The minimum Gasteiger partial charge on any atom is -0.322 e. The molecule has 0 fully saturated rings. The van der Waals surface area contributed by atoms with Gasteiger partial charge in [0.2, 0.25) is 0 Å². The van der Waals surface area contributed by atoms with Gasteiger partial charge in [0, 0.05) is 21.8 Å². The van der Waals surface area contributed by atoms with Crippen LogP contribution in [0.5, 0.6) is 0 Å². The van der Waals surface area contributed by atoms with Crippen LogP contribution in [0.3, 0.4) is 0 Å². The van der Waals surface area contributed by atoms with Gasteiger partial charge in [-0.25, -0.2) is 4.68 Å². The average Bonchev–Trinajstić information content (AvgIpc) is 3.06. The van der Waals surface area contributed by atoms with Gasteiger partial charge >= 0.3 is 0 Å². The molecule has 0 atom stereocenters. The second-order valence-electron chi connectivity index (χ2n) is 4.84. The molecule has 6 heteroatoms. The van der Waals surface area contributed by atoms with E-state index in [0.29, 0.717) is 10.6 Å². The van der Waals surface area contributed by atoms with Crippen molar-refractivity contribution in [2.45, 2.75) is 4.90 Å². The van der Waals surface area contributed by atoms with Crippen LogP contribution in [0, 0.1) is 0 Å². The van der Waals surface area contributed by atoms with Crippen molar-refractivity contribution in [1.82, 2.24) is 9.78 Å². The third-order valence-corrected chi connectivity index (χ3v) is 4.24. The van der Waals surface area contributed by atoms with Crippen molar-refractivity contribution >= 4 is 35.0 Å². The molecule has 0 spiro atoms. The number of nitrogens with zero attached hydrogens (tertiary/aromatic N) is 2. The highest BCUT2D eigenvalue weighted by atomic mass is 35.5. The predicted molar refractivity (Wildman–Crippen MR) is 94.8 cm³/mol. The lowest BCUT2D eigenvalue weighted by Crippen LogP contribution is -2.11. The van der Waals surface area contributed by atoms with Crippen LogP contribution in [0.2, 0.25) is 5.02 Å². The van der Waals surface area contributed by atoms with E-state index in [1.165, 1.54) is 0 Å². The van der Waals surface area contributed by atoms with Crippen molar-refractivity contribution in [3.63, 3.8) is 0 Å². The number of thioether (sulfide) groups is 1. The van der Waals surface area contributed by atoms with Gasteiger partial charge in [0.1, 0.15) is 0 Å². The summed E-state index contributed by atoms with van der Waals surface area (Å²) in [5.74, 6) is -0.191. The summed E-state index contributed by atoms with van der Waals surface area (Å²) in [5, 5.41) is 7.76. The molecule has 1 heterocycles. The zero-order valence-electron chi connectivity index (χ0n) is 12.4. The number of anilines is 1. The van der Waals surface area contributed by atoms with Crippen LogP contribution in [-0.2, 0) is 0 Å². The molecule has 3 rings (SSSR count). The highest BCUT2D eigenvalue weighted by Crippen LogP contribution is 2.20. The molecule has 1 N–H and O–H groups in total. The molecular formula is C17H14ClN3OS. The molecular weight excluding hydrogens is 330 g/mol. The van der Waals surface area contributed by atoms with Crippen LogP contribution in [0.15, 0.2) is 65.8 Å². The number of aromatic nitrogens is 2. The Kier molecular flexibility index (Phi) is 4.69. The predicted octanol–water partition coefficient (Wildman–Crippen LogP) is 4.50. The van der Waals surface area contributed by atoms with Crippen LogP contribution in [0.1, 0.15) is 10.4 Å². The Morgan fingerprint density at radius 1 is 1.22 bits per heavy atom. The molecule has 116 valence electrons. The lowest BCUT2D eigenvalue weighted by molar-refractivity contribution is 0.102. The number of hydrogen-bond acceptors (Lipinski definition) is 3. The van der Waals surface area contributed by atoms with Crippen molar-refractivity contribution in [3.05, 3.63) is 71.5 Å². The summed E-state index contributed by atoms with van der Waals surface area (Å²) in [6.45, 7) is 0. The van der Waals surface area contributed by atoms with E-state index in [0.717, 1.165) is 16.3 Å². The summed E-state index contributed by atoms with van der Waals surface area (Å²) in [6.07, 6.45) is 5.23. The fraction of sp³-hybridized carbons (Fsp3) is 0.0588. The van der Waals surface area contributed by atoms with E-state index in [9.17, 15) is 4.79 Å². The molecule has 0 saturated carbocycles. The highest BCUT2D eigenvalue weighted by Gasteiger charge is 2.10. The molecule has 0 aliphatic heterocycles. The van der Waals surface area contributed by atoms with Crippen molar-refractivity contribution < 1.29 is 4.79 Å². The van der Waals surface area contributed by atoms with E-state index in [1.54, 1.807) is 41.0 Å². The first-order valence-electron chi connectivity index (χ1n) is 6.92. The van der Waals surface area contributed by atoms with Gasteiger partial charge in [0.25, 0.3) is 5.91 Å². The lowest BCUT2D eigenvalue weighted by Gasteiger charge is -2.05. The zero-order valence-corrected chi connectivity index (χ0v) is 13.9. The Morgan fingerprint density at radius 3 is 2.74 bits per heavy atom. The Balaban J connectivity index is 1.76. The van der Waals surface area contributed by atoms with Gasteiger partial charge < -0.3 is 5.32 Å². The molecule has 1 aromatic heterocycles. The van der Waals surface area contributed by atoms with Gasteiger partial charge in [-0.05, 0) is 48.7 Å². The van der Waals surface area contributed by atoms with E-state index in [4.69, 9.17) is 11.6 Å². The fourth-order valence-corrected chi connectivity index (χ4v) is 2.66. The van der Waals surface area contributed by atoms with E-state index in [2.05, 4.69) is 10.4 Å². The SMILES string of the molecule is CSc1cccc(NC(=O)c2cnn(-c3ccc(Cl)cc3)c2)c1. The number of nitrogens with one attached hydrogen (secondary N) is 1. The molecule has 2 aromatic carbocycles. The van der Waals surface area contributed by atoms with Gasteiger partial charge in [-0.3, -0.25) is 4.79 Å². The van der Waals surface area contributed by atoms with Gasteiger partial charge in [-0.15, -0.1) is 11.8 Å². The van der Waals surface area contributed by atoms with Crippen LogP contribution in [0.25, 0.3) is 5.69 Å². The third kappa shape index (κ3) is 3.75. The zero-order chi connectivity index (χ0) is 16.2. The number of amides is 1. The Labute approximate surface area is 143 Å². The summed E-state index contributed by atoms with van der Waals surface area (Å²) in [4.78, 5) is 13.4. The average molecular weight is 344 g/mol. The third-order valence-electron chi connectivity index (χ3n) is 3.26. The Bertz CT molecular complexity index is 830. The summed E-state index contributed by atoms with van der Waals surface area (Å²) in [6, 6.07) is 15.0. The molecule has 23 heavy (non-hydrogen) atoms. The number of hydrogen-bond donors (Lipinski definition) is 1. The van der Waals surface area contributed by atoms with Gasteiger partial charge in [0.05, 0.1) is 17.4 Å². The number of rotatable bonds is 4. The molecule has 0 unspecified atom stereocenters. The Hall–Kier alpha value is -2.24. The van der Waals surface area contributed by atoms with Gasteiger partial charge in [-0.2, -0.15) is 5.10 Å². The molecule has 4 nitrogen and oxygen atoms in total. The van der Waals surface area contributed by atoms with E-state index in [-0.39, 0.29) is 5.91 Å². The number of halogens is 1. The molecule has 0 saturated heterocycles. The van der Waals surface area contributed by atoms with E-state index in [1.807, 2.05) is 42.7 Å². The standard InChI is InChI=1S/C17H14ClN3OS/c1-23-16-4-2-3-14(9-16)20-17(22)12-10-19-21(11-12)15-7-5-13(18)6-8-15/h2-11H,1H3,(H,20,22). The molecule has 3 aromatic rings. The van der Waals surface area contributed by atoms with Crippen LogP contribution in [-0.4, -0.2) is 21.9 Å². The van der Waals surface area contributed by atoms with Crippen LogP contribution < -0.4 is 5.32 Å². The second-order valence-corrected chi connectivity index (χ2v) is 6.15. The molecule has 0 aliphatic carbocycles. The minimum atomic E-state index is -0.191. The minimum absolute atomic E-state index is 0.191. The largest absolute Gasteiger partial charge is 0.322 e. The monoisotopic (exact) mass is 343 g/mol. The number of benzene rings is 2. The number of carbonyl (C=O) groups is 1. The maximum atomic E-state index is 12.3. The first kappa shape index (κ1) is 15.6.